The van der Waals surface area contributed by atoms with E-state index in [1.165, 1.54) is 0 Å². The summed E-state index contributed by atoms with van der Waals surface area (Å²) in [5.74, 6) is 0.794. The molecule has 0 saturated heterocycles. The smallest absolute Gasteiger partial charge is 0.119 e. The van der Waals surface area contributed by atoms with Crippen molar-refractivity contribution < 1.29 is 24.1 Å². The van der Waals surface area contributed by atoms with E-state index in [1.807, 2.05) is 31.2 Å². The molecule has 3 N–H and O–H groups in total. The molecular weight excluding hydrogens is 334 g/mol. The molecule has 0 amide bonds. The highest BCUT2D eigenvalue weighted by Crippen LogP contribution is 2.13. The Kier molecular flexibility index (Phi) is 15.0. The van der Waals surface area contributed by atoms with Crippen LogP contribution in [0, 0.1) is 0 Å². The summed E-state index contributed by atoms with van der Waals surface area (Å²) in [6, 6.07) is 7.49. The number of benzene rings is 1. The van der Waals surface area contributed by atoms with Gasteiger partial charge in [-0.05, 0) is 31.0 Å². The molecule has 0 aliphatic heterocycles. The Hall–Kier alpha value is -0.890. The molecule has 1 aromatic carbocycles. The van der Waals surface area contributed by atoms with Crippen molar-refractivity contribution in [3.05, 3.63) is 29.8 Å². The molecule has 1 aromatic rings. The third-order valence-corrected chi connectivity index (χ3v) is 3.10. The van der Waals surface area contributed by atoms with Gasteiger partial charge >= 0.3 is 0 Å². The maximum atomic E-state index is 8.93. The van der Waals surface area contributed by atoms with Crippen LogP contribution in [0.3, 0.4) is 0 Å². The first-order chi connectivity index (χ1) is 11.3. The second-order valence-electron chi connectivity index (χ2n) is 5.06. The molecule has 0 unspecified atom stereocenters. The van der Waals surface area contributed by atoms with E-state index < -0.39 is 0 Å². The minimum atomic E-state index is -0.217. The molecule has 0 saturated carbocycles. The lowest BCUT2D eigenvalue weighted by molar-refractivity contribution is 0.0114. The topological polar surface area (TPSA) is 83.2 Å². The molecule has 0 heterocycles. The number of aliphatic hydroxyl groups excluding tert-OH is 1. The Morgan fingerprint density at radius 1 is 0.917 bits per heavy atom. The number of nitrogens with two attached hydrogens (primary N) is 1. The van der Waals surface area contributed by atoms with Crippen molar-refractivity contribution in [2.45, 2.75) is 19.4 Å². The first kappa shape index (κ1) is 23.1. The quantitative estimate of drug-likeness (QED) is 0.486. The van der Waals surface area contributed by atoms with Crippen molar-refractivity contribution >= 4 is 12.4 Å². The fraction of sp³-hybridized carbons (Fsp3) is 0.647. The van der Waals surface area contributed by atoms with Crippen molar-refractivity contribution in [2.24, 2.45) is 5.73 Å². The lowest BCUT2D eigenvalue weighted by Crippen LogP contribution is -2.26. The van der Waals surface area contributed by atoms with Crippen LogP contribution in [0.1, 0.15) is 12.5 Å². The van der Waals surface area contributed by atoms with Crippen LogP contribution in [0.4, 0.5) is 0 Å². The maximum Gasteiger partial charge on any atom is 0.119 e. The van der Waals surface area contributed by atoms with E-state index in [2.05, 4.69) is 0 Å². The Labute approximate surface area is 150 Å². The third kappa shape index (κ3) is 11.6. The Bertz CT molecular complexity index is 391. The highest BCUT2D eigenvalue weighted by atomic mass is 35.5. The normalized spacial score (nSPS) is 11.8. The first-order valence-electron chi connectivity index (χ1n) is 8.07. The number of ether oxygens (including phenoxy) is 4. The molecule has 0 fully saturated rings. The van der Waals surface area contributed by atoms with E-state index in [9.17, 15) is 0 Å². The molecule has 0 aliphatic carbocycles. The summed E-state index contributed by atoms with van der Waals surface area (Å²) in [6.45, 7) is 6.01. The predicted octanol–water partition coefficient (Wildman–Crippen LogP) is 1.42. The summed E-state index contributed by atoms with van der Waals surface area (Å²) in [7, 11) is 0. The number of hydrogen-bond acceptors (Lipinski definition) is 6. The van der Waals surface area contributed by atoms with E-state index in [4.69, 9.17) is 29.8 Å². The van der Waals surface area contributed by atoms with Gasteiger partial charge in [-0.2, -0.15) is 0 Å². The van der Waals surface area contributed by atoms with Crippen molar-refractivity contribution in [2.75, 3.05) is 52.9 Å². The van der Waals surface area contributed by atoms with Crippen LogP contribution in [0.5, 0.6) is 5.75 Å². The van der Waals surface area contributed by atoms with Gasteiger partial charge < -0.3 is 29.8 Å². The third-order valence-electron chi connectivity index (χ3n) is 3.10. The van der Waals surface area contributed by atoms with Gasteiger partial charge in [-0.1, -0.05) is 12.1 Å². The lowest BCUT2D eigenvalue weighted by atomic mass is 10.1. The van der Waals surface area contributed by atoms with Crippen LogP contribution >= 0.6 is 12.4 Å². The summed E-state index contributed by atoms with van der Waals surface area (Å²) < 4.78 is 21.5. The van der Waals surface area contributed by atoms with Gasteiger partial charge in [-0.15, -0.1) is 12.4 Å². The van der Waals surface area contributed by atoms with Gasteiger partial charge in [-0.3, -0.25) is 0 Å². The largest absolute Gasteiger partial charge is 0.491 e. The SMILES string of the molecule is CCOCCOCCOCCOc1ccc(C[C@H](N)CO)cc1.Cl. The van der Waals surface area contributed by atoms with Crippen LogP contribution < -0.4 is 10.5 Å². The van der Waals surface area contributed by atoms with Crippen molar-refractivity contribution in [3.63, 3.8) is 0 Å². The zero-order valence-electron chi connectivity index (χ0n) is 14.3. The zero-order valence-corrected chi connectivity index (χ0v) is 15.1. The molecule has 1 rings (SSSR count). The fourth-order valence-corrected chi connectivity index (χ4v) is 1.89. The molecule has 0 radical (unpaired) electrons. The van der Waals surface area contributed by atoms with Gasteiger partial charge in [-0.25, -0.2) is 0 Å². The molecule has 0 aromatic heterocycles. The summed E-state index contributed by atoms with van der Waals surface area (Å²) >= 11 is 0. The van der Waals surface area contributed by atoms with Crippen molar-refractivity contribution in [3.8, 4) is 5.75 Å². The van der Waals surface area contributed by atoms with Gasteiger partial charge in [0.2, 0.25) is 0 Å². The number of rotatable bonds is 14. The summed E-state index contributed by atoms with van der Waals surface area (Å²) in [6.07, 6.45) is 0.656. The average molecular weight is 364 g/mol. The van der Waals surface area contributed by atoms with E-state index in [0.717, 1.165) is 11.3 Å². The highest BCUT2D eigenvalue weighted by molar-refractivity contribution is 5.85. The van der Waals surface area contributed by atoms with Gasteiger partial charge in [0, 0.05) is 12.6 Å². The van der Waals surface area contributed by atoms with Crippen LogP contribution in [-0.2, 0) is 20.6 Å². The molecular formula is C17H30ClNO5. The van der Waals surface area contributed by atoms with E-state index in [-0.39, 0.29) is 25.1 Å². The zero-order chi connectivity index (χ0) is 16.8. The lowest BCUT2D eigenvalue weighted by Gasteiger charge is -2.10. The van der Waals surface area contributed by atoms with Crippen LogP contribution in [0.15, 0.2) is 24.3 Å². The standard InChI is InChI=1S/C17H29NO5.ClH/c1-2-20-7-8-21-9-10-22-11-12-23-17-5-3-15(4-6-17)13-16(18)14-19;/h3-6,16,19H,2,7-14,18H2,1H3;1H/t16-;/m0./s1. The van der Waals surface area contributed by atoms with Gasteiger partial charge in [0.15, 0.2) is 0 Å². The van der Waals surface area contributed by atoms with E-state index in [1.54, 1.807) is 0 Å². The summed E-state index contributed by atoms with van der Waals surface area (Å²) in [5, 5.41) is 8.93. The molecule has 0 spiro atoms. The Morgan fingerprint density at radius 3 is 2.00 bits per heavy atom. The highest BCUT2D eigenvalue weighted by Gasteiger charge is 2.02. The number of halogens is 1. The van der Waals surface area contributed by atoms with Gasteiger partial charge in [0.05, 0.1) is 39.6 Å². The average Bonchev–Trinajstić information content (AvgIpc) is 2.58. The minimum Gasteiger partial charge on any atom is -0.491 e. The summed E-state index contributed by atoms with van der Waals surface area (Å²) in [5.41, 5.74) is 6.78. The molecule has 6 nitrogen and oxygen atoms in total. The van der Waals surface area contributed by atoms with Crippen molar-refractivity contribution in [1.82, 2.24) is 0 Å². The monoisotopic (exact) mass is 363 g/mol. The summed E-state index contributed by atoms with van der Waals surface area (Å²) in [4.78, 5) is 0. The Balaban J connectivity index is 0.00000529. The van der Waals surface area contributed by atoms with Crippen molar-refractivity contribution in [1.29, 1.82) is 0 Å². The van der Waals surface area contributed by atoms with Crippen LogP contribution in [-0.4, -0.2) is 64.0 Å². The molecule has 0 aliphatic rings. The number of aliphatic hydroxyl groups is 1. The van der Waals surface area contributed by atoms with Gasteiger partial charge in [0.1, 0.15) is 12.4 Å². The molecule has 7 heteroatoms. The minimum absolute atomic E-state index is 0. The molecule has 0 bridgehead atoms. The Morgan fingerprint density at radius 2 is 1.46 bits per heavy atom. The molecule has 1 atom stereocenters. The molecule has 24 heavy (non-hydrogen) atoms. The second kappa shape index (κ2) is 15.6. The molecule has 140 valence electrons. The second-order valence-corrected chi connectivity index (χ2v) is 5.06. The van der Waals surface area contributed by atoms with Gasteiger partial charge in [0.25, 0.3) is 0 Å². The van der Waals surface area contributed by atoms with E-state index >= 15 is 0 Å². The first-order valence-corrected chi connectivity index (χ1v) is 8.07. The fourth-order valence-electron chi connectivity index (χ4n) is 1.89. The predicted molar refractivity (Wildman–Crippen MR) is 96.1 cm³/mol. The van der Waals surface area contributed by atoms with E-state index in [0.29, 0.717) is 52.7 Å². The van der Waals surface area contributed by atoms with Crippen LogP contribution in [0.2, 0.25) is 0 Å². The number of hydrogen-bond donors (Lipinski definition) is 2. The van der Waals surface area contributed by atoms with Crippen LogP contribution in [0.25, 0.3) is 0 Å². The maximum absolute atomic E-state index is 8.93.